The van der Waals surface area contributed by atoms with Gasteiger partial charge >= 0.3 is 20.1 Å². The van der Waals surface area contributed by atoms with Crippen LogP contribution in [0.15, 0.2) is 17.1 Å². The van der Waals surface area contributed by atoms with E-state index in [4.69, 9.17) is 0 Å². The molecular weight excluding hydrogens is 371 g/mol. The second kappa shape index (κ2) is 6.58. The number of aromatic nitrogens is 1. The highest BCUT2D eigenvalue weighted by molar-refractivity contribution is 6.38. The summed E-state index contributed by atoms with van der Waals surface area (Å²) < 4.78 is 86.2. The fraction of sp³-hybridized carbons (Fsp3) is 0.286. The Kier molecular flexibility index (Phi) is 4.59. The van der Waals surface area contributed by atoms with Gasteiger partial charge in [0.05, 0.1) is 10.9 Å². The van der Waals surface area contributed by atoms with E-state index in [0.29, 0.717) is 18.9 Å². The van der Waals surface area contributed by atoms with E-state index < -0.39 is 65.4 Å². The van der Waals surface area contributed by atoms with Gasteiger partial charge in [0.25, 0.3) is 0 Å². The van der Waals surface area contributed by atoms with E-state index in [2.05, 4.69) is 9.39 Å². The van der Waals surface area contributed by atoms with Crippen LogP contribution < -0.4 is 10.2 Å². The molecule has 1 aliphatic carbocycles. The number of pyridine rings is 1. The Labute approximate surface area is 141 Å². The van der Waals surface area contributed by atoms with Crippen LogP contribution in [0.5, 0.6) is 5.75 Å². The molecule has 0 bridgehead atoms. The molecule has 0 spiro atoms. The Balaban J connectivity index is 2.34. The number of hydrogen-bond acceptors (Lipinski definition) is 4. The van der Waals surface area contributed by atoms with Gasteiger partial charge in [-0.05, 0) is 18.9 Å². The van der Waals surface area contributed by atoms with Crippen molar-refractivity contribution in [2.24, 2.45) is 0 Å². The topological polar surface area (TPSA) is 57.5 Å². The minimum absolute atomic E-state index is 0.392. The number of halogens is 6. The molecule has 0 saturated heterocycles. The SMILES string of the molecule is O=C(OB(F)F)c1cn(C2CC2)c2c(OC(F)F)c(F)c(F)cc2c1=O. The fourth-order valence-electron chi connectivity index (χ4n) is 2.56. The zero-order chi connectivity index (χ0) is 19.2. The second-order valence-corrected chi connectivity index (χ2v) is 5.45. The molecule has 1 heterocycles. The Morgan fingerprint density at radius 2 is 1.92 bits per heavy atom. The molecule has 1 aromatic heterocycles. The Bertz CT molecular complexity index is 943. The third-order valence-electron chi connectivity index (χ3n) is 3.73. The third kappa shape index (κ3) is 3.22. The summed E-state index contributed by atoms with van der Waals surface area (Å²) in [6.07, 6.45) is 1.76. The summed E-state index contributed by atoms with van der Waals surface area (Å²) in [5, 5.41) is -0.671. The fourth-order valence-corrected chi connectivity index (χ4v) is 2.56. The molecule has 2 aromatic rings. The van der Waals surface area contributed by atoms with Crippen LogP contribution in [0.25, 0.3) is 10.9 Å². The highest BCUT2D eigenvalue weighted by Crippen LogP contribution is 2.40. The number of alkyl halides is 2. The van der Waals surface area contributed by atoms with Gasteiger partial charge in [-0.1, -0.05) is 0 Å². The summed E-state index contributed by atoms with van der Waals surface area (Å²) in [6, 6.07) is -0.0373. The molecule has 138 valence electrons. The molecule has 0 amide bonds. The first-order chi connectivity index (χ1) is 12.2. The monoisotopic (exact) mass is 379 g/mol. The maximum Gasteiger partial charge on any atom is 0.798 e. The number of carbonyl (C=O) groups is 1. The van der Waals surface area contributed by atoms with Crippen molar-refractivity contribution in [2.75, 3.05) is 0 Å². The number of fused-ring (bicyclic) bond motifs is 1. The normalized spacial score (nSPS) is 14.0. The molecule has 1 fully saturated rings. The van der Waals surface area contributed by atoms with Gasteiger partial charge in [0.15, 0.2) is 11.6 Å². The van der Waals surface area contributed by atoms with Crippen molar-refractivity contribution < 1.29 is 40.4 Å². The van der Waals surface area contributed by atoms with Crippen molar-refractivity contribution in [1.29, 1.82) is 0 Å². The molecule has 0 radical (unpaired) electrons. The van der Waals surface area contributed by atoms with Crippen molar-refractivity contribution in [3.8, 4) is 5.75 Å². The molecule has 3 rings (SSSR count). The van der Waals surface area contributed by atoms with Crippen molar-refractivity contribution in [1.82, 2.24) is 4.57 Å². The highest BCUT2D eigenvalue weighted by Gasteiger charge is 2.32. The number of rotatable bonds is 5. The predicted octanol–water partition coefficient (Wildman–Crippen LogP) is 3.30. The van der Waals surface area contributed by atoms with Crippen molar-refractivity contribution >= 4 is 24.3 Å². The average molecular weight is 379 g/mol. The summed E-state index contributed by atoms with van der Waals surface area (Å²) in [6.45, 7) is -3.51. The number of hydrogen-bond donors (Lipinski definition) is 0. The van der Waals surface area contributed by atoms with Gasteiger partial charge in [-0.25, -0.2) is 17.8 Å². The maximum atomic E-state index is 14.0. The minimum atomic E-state index is -3.51. The van der Waals surface area contributed by atoms with E-state index in [9.17, 15) is 35.8 Å². The number of ether oxygens (including phenoxy) is 1. The average Bonchev–Trinajstić information content (AvgIpc) is 3.36. The molecule has 5 nitrogen and oxygen atoms in total. The van der Waals surface area contributed by atoms with Crippen LogP contribution in [0.4, 0.5) is 26.2 Å². The number of benzene rings is 1. The van der Waals surface area contributed by atoms with E-state index in [1.165, 1.54) is 0 Å². The summed E-state index contributed by atoms with van der Waals surface area (Å²) >= 11 is 0. The van der Waals surface area contributed by atoms with Gasteiger partial charge in [-0.2, -0.15) is 13.2 Å². The molecule has 1 aliphatic rings. The van der Waals surface area contributed by atoms with Gasteiger partial charge in [-0.15, -0.1) is 0 Å². The summed E-state index contributed by atoms with van der Waals surface area (Å²) in [4.78, 5) is 24.1. The van der Waals surface area contributed by atoms with Crippen LogP contribution in [0, 0.1) is 11.6 Å². The molecule has 1 aromatic carbocycles. The van der Waals surface area contributed by atoms with E-state index in [1.807, 2.05) is 0 Å². The van der Waals surface area contributed by atoms with E-state index >= 15 is 0 Å². The molecule has 1 saturated carbocycles. The first kappa shape index (κ1) is 18.1. The van der Waals surface area contributed by atoms with E-state index in [1.54, 1.807) is 0 Å². The Hall–Kier alpha value is -2.66. The van der Waals surface area contributed by atoms with Gasteiger partial charge in [0.1, 0.15) is 5.56 Å². The van der Waals surface area contributed by atoms with Gasteiger partial charge in [0.2, 0.25) is 11.2 Å². The molecular formula is C14H8BF6NO4. The first-order valence-electron chi connectivity index (χ1n) is 7.21. The second-order valence-electron chi connectivity index (χ2n) is 5.45. The summed E-state index contributed by atoms with van der Waals surface area (Å²) in [7, 11) is -3.50. The zero-order valence-electron chi connectivity index (χ0n) is 12.6. The highest BCUT2D eigenvalue weighted by atomic mass is 19.3. The lowest BCUT2D eigenvalue weighted by molar-refractivity contribution is -0.0516. The Morgan fingerprint density at radius 3 is 2.46 bits per heavy atom. The lowest BCUT2D eigenvalue weighted by Crippen LogP contribution is -2.24. The largest absolute Gasteiger partial charge is 0.798 e. The summed E-state index contributed by atoms with van der Waals surface area (Å²) in [5.74, 6) is -6.29. The quantitative estimate of drug-likeness (QED) is 0.591. The Morgan fingerprint density at radius 1 is 1.27 bits per heavy atom. The maximum absolute atomic E-state index is 14.0. The molecule has 12 heteroatoms. The molecule has 0 aliphatic heterocycles. The zero-order valence-corrected chi connectivity index (χ0v) is 12.6. The number of carbonyl (C=O) groups excluding carboxylic acids is 1. The van der Waals surface area contributed by atoms with Crippen molar-refractivity contribution in [3.05, 3.63) is 39.7 Å². The number of nitrogens with zero attached hydrogens (tertiary/aromatic N) is 1. The van der Waals surface area contributed by atoms with Gasteiger partial charge < -0.3 is 14.0 Å². The van der Waals surface area contributed by atoms with Gasteiger partial charge in [0, 0.05) is 12.2 Å². The van der Waals surface area contributed by atoms with Crippen LogP contribution in [0.1, 0.15) is 29.2 Å². The smallest absolute Gasteiger partial charge is 0.474 e. The van der Waals surface area contributed by atoms with Crippen molar-refractivity contribution in [3.63, 3.8) is 0 Å². The van der Waals surface area contributed by atoms with Crippen LogP contribution in [0.2, 0.25) is 0 Å². The first-order valence-corrected chi connectivity index (χ1v) is 7.21. The predicted molar refractivity (Wildman–Crippen MR) is 76.4 cm³/mol. The molecule has 0 atom stereocenters. The standard InChI is InChI=1S/C14H8BF6NO4/c16-8-3-6-10(12(9(8)17)25-14(18)19)22(5-1-2-5)4-7(11(6)23)13(24)26-15(20)21/h3-5,14H,1-2H2. The third-order valence-corrected chi connectivity index (χ3v) is 3.73. The molecule has 0 N–H and O–H groups in total. The van der Waals surface area contributed by atoms with Crippen LogP contribution in [-0.2, 0) is 4.65 Å². The molecule has 26 heavy (non-hydrogen) atoms. The lowest BCUT2D eigenvalue weighted by Gasteiger charge is -2.17. The van der Waals surface area contributed by atoms with Gasteiger partial charge in [-0.3, -0.25) is 4.79 Å². The van der Waals surface area contributed by atoms with Crippen LogP contribution >= 0.6 is 0 Å². The lowest BCUT2D eigenvalue weighted by atomic mass is 10.1. The minimum Gasteiger partial charge on any atom is -0.474 e. The van der Waals surface area contributed by atoms with Crippen LogP contribution in [0.3, 0.4) is 0 Å². The van der Waals surface area contributed by atoms with Crippen molar-refractivity contribution in [2.45, 2.75) is 25.5 Å². The summed E-state index contributed by atoms with van der Waals surface area (Å²) in [5.41, 5.74) is -2.63. The van der Waals surface area contributed by atoms with Crippen LogP contribution in [-0.4, -0.2) is 24.6 Å². The van der Waals surface area contributed by atoms with E-state index in [-0.39, 0.29) is 0 Å². The molecule has 0 unspecified atom stereocenters. The van der Waals surface area contributed by atoms with E-state index in [0.717, 1.165) is 10.8 Å².